The van der Waals surface area contributed by atoms with Gasteiger partial charge in [0.1, 0.15) is 0 Å². The molecule has 2 rings (SSSR count). The summed E-state index contributed by atoms with van der Waals surface area (Å²) >= 11 is 0. The molecule has 1 heterocycles. The molecular weight excluding hydrogens is 228 g/mol. The molecule has 1 aliphatic carbocycles. The van der Waals surface area contributed by atoms with Crippen LogP contribution in [0.1, 0.15) is 44.9 Å². The number of rotatable bonds is 3. The van der Waals surface area contributed by atoms with Crippen molar-refractivity contribution in [2.45, 2.75) is 44.9 Å². The number of carbonyl (C=O) groups excluding carboxylic acids is 2. The van der Waals surface area contributed by atoms with Gasteiger partial charge < -0.3 is 4.90 Å². The van der Waals surface area contributed by atoms with Crippen molar-refractivity contribution in [2.24, 2.45) is 5.41 Å². The van der Waals surface area contributed by atoms with Crippen LogP contribution in [-0.2, 0) is 9.59 Å². The molecule has 0 unspecified atom stereocenters. The van der Waals surface area contributed by atoms with Crippen LogP contribution in [0.25, 0.3) is 0 Å². The summed E-state index contributed by atoms with van der Waals surface area (Å²) < 4.78 is 0. The Balaban J connectivity index is 1.99. The van der Waals surface area contributed by atoms with E-state index in [2.05, 4.69) is 0 Å². The van der Waals surface area contributed by atoms with E-state index in [9.17, 15) is 9.59 Å². The minimum Gasteiger partial charge on any atom is -0.308 e. The van der Waals surface area contributed by atoms with Crippen molar-refractivity contribution in [2.75, 3.05) is 27.2 Å². The topological polar surface area (TPSA) is 40.6 Å². The summed E-state index contributed by atoms with van der Waals surface area (Å²) in [5.41, 5.74) is 0.0149. The molecule has 0 aromatic carbocycles. The van der Waals surface area contributed by atoms with Gasteiger partial charge in [0, 0.05) is 25.9 Å². The number of carbonyl (C=O) groups is 2. The molecule has 0 aromatic rings. The smallest absolute Gasteiger partial charge is 0.229 e. The largest absolute Gasteiger partial charge is 0.308 e. The van der Waals surface area contributed by atoms with E-state index in [-0.39, 0.29) is 17.2 Å². The van der Waals surface area contributed by atoms with E-state index in [1.54, 1.807) is 0 Å². The van der Waals surface area contributed by atoms with E-state index in [0.717, 1.165) is 19.4 Å². The molecular formula is C14H24N2O2. The fourth-order valence-corrected chi connectivity index (χ4v) is 3.24. The molecule has 2 aliphatic rings. The normalized spacial score (nSPS) is 24.1. The Morgan fingerprint density at radius 1 is 1.06 bits per heavy atom. The number of likely N-dealkylation sites (tertiary alicyclic amines) is 1. The standard InChI is InChI=1S/C14H24N2O2/c1-15(2)8-9-16-12(17)10-14(11-13(16)18)6-4-3-5-7-14/h3-11H2,1-2H3. The molecule has 0 N–H and O–H groups in total. The Bertz CT molecular complexity index is 313. The Kier molecular flexibility index (Phi) is 4.05. The second-order valence-corrected chi connectivity index (χ2v) is 6.16. The van der Waals surface area contributed by atoms with Gasteiger partial charge in [-0.05, 0) is 32.4 Å². The van der Waals surface area contributed by atoms with Crippen molar-refractivity contribution in [1.29, 1.82) is 0 Å². The lowest BCUT2D eigenvalue weighted by Crippen LogP contribution is -2.50. The average Bonchev–Trinajstić information content (AvgIpc) is 2.28. The van der Waals surface area contributed by atoms with Gasteiger partial charge in [-0.1, -0.05) is 19.3 Å². The maximum Gasteiger partial charge on any atom is 0.229 e. The molecule has 1 saturated heterocycles. The highest BCUT2D eigenvalue weighted by atomic mass is 16.2. The predicted octanol–water partition coefficient (Wildman–Crippen LogP) is 1.65. The van der Waals surface area contributed by atoms with Gasteiger partial charge in [0.25, 0.3) is 0 Å². The third-order valence-electron chi connectivity index (χ3n) is 4.34. The maximum absolute atomic E-state index is 12.2. The van der Waals surface area contributed by atoms with Crippen LogP contribution in [0.4, 0.5) is 0 Å². The van der Waals surface area contributed by atoms with Crippen molar-refractivity contribution in [3.8, 4) is 0 Å². The maximum atomic E-state index is 12.2. The molecule has 1 spiro atoms. The first-order valence-corrected chi connectivity index (χ1v) is 7.00. The second kappa shape index (κ2) is 5.39. The number of imide groups is 1. The van der Waals surface area contributed by atoms with Crippen molar-refractivity contribution in [3.63, 3.8) is 0 Å². The van der Waals surface area contributed by atoms with E-state index in [1.807, 2.05) is 19.0 Å². The van der Waals surface area contributed by atoms with E-state index in [4.69, 9.17) is 0 Å². The molecule has 0 radical (unpaired) electrons. The SMILES string of the molecule is CN(C)CCN1C(=O)CC2(CCCCC2)CC1=O. The first kappa shape index (κ1) is 13.5. The molecule has 1 saturated carbocycles. The lowest BCUT2D eigenvalue weighted by atomic mass is 9.67. The van der Waals surface area contributed by atoms with E-state index in [0.29, 0.717) is 19.4 Å². The minimum atomic E-state index is 0.0149. The van der Waals surface area contributed by atoms with Gasteiger partial charge in [-0.25, -0.2) is 0 Å². The quantitative estimate of drug-likeness (QED) is 0.717. The van der Waals surface area contributed by atoms with Gasteiger partial charge in [0.15, 0.2) is 0 Å². The molecule has 18 heavy (non-hydrogen) atoms. The highest BCUT2D eigenvalue weighted by Crippen LogP contribution is 2.45. The fourth-order valence-electron chi connectivity index (χ4n) is 3.24. The summed E-state index contributed by atoms with van der Waals surface area (Å²) in [6.45, 7) is 1.30. The number of likely N-dealkylation sites (N-methyl/N-ethyl adjacent to an activating group) is 1. The Morgan fingerprint density at radius 3 is 2.11 bits per heavy atom. The molecule has 0 aromatic heterocycles. The van der Waals surface area contributed by atoms with Crippen molar-refractivity contribution in [1.82, 2.24) is 9.80 Å². The summed E-state index contributed by atoms with van der Waals surface area (Å²) in [7, 11) is 3.92. The first-order chi connectivity index (χ1) is 8.52. The van der Waals surface area contributed by atoms with Crippen LogP contribution < -0.4 is 0 Å². The molecule has 2 amide bonds. The highest BCUT2D eigenvalue weighted by molar-refractivity contribution is 5.98. The monoisotopic (exact) mass is 252 g/mol. The Labute approximate surface area is 109 Å². The zero-order valence-corrected chi connectivity index (χ0v) is 11.6. The van der Waals surface area contributed by atoms with Crippen LogP contribution in [0.3, 0.4) is 0 Å². The average molecular weight is 252 g/mol. The van der Waals surface area contributed by atoms with Gasteiger partial charge in [0.05, 0.1) is 0 Å². The molecule has 2 fully saturated rings. The zero-order valence-electron chi connectivity index (χ0n) is 11.6. The molecule has 4 nitrogen and oxygen atoms in total. The highest BCUT2D eigenvalue weighted by Gasteiger charge is 2.43. The summed E-state index contributed by atoms with van der Waals surface area (Å²) in [5.74, 6) is 0.102. The molecule has 1 aliphatic heterocycles. The number of nitrogens with zero attached hydrogens (tertiary/aromatic N) is 2. The van der Waals surface area contributed by atoms with Gasteiger partial charge in [0.2, 0.25) is 11.8 Å². The fraction of sp³-hybridized carbons (Fsp3) is 0.857. The van der Waals surface area contributed by atoms with E-state index < -0.39 is 0 Å². The molecule has 4 heteroatoms. The summed E-state index contributed by atoms with van der Waals surface area (Å²) in [5, 5.41) is 0. The van der Waals surface area contributed by atoms with Crippen LogP contribution >= 0.6 is 0 Å². The van der Waals surface area contributed by atoms with Crippen LogP contribution in [-0.4, -0.2) is 48.8 Å². The van der Waals surface area contributed by atoms with Crippen molar-refractivity contribution in [3.05, 3.63) is 0 Å². The van der Waals surface area contributed by atoms with Crippen LogP contribution in [0, 0.1) is 5.41 Å². The van der Waals surface area contributed by atoms with Crippen LogP contribution in [0.15, 0.2) is 0 Å². The minimum absolute atomic E-state index is 0.0149. The predicted molar refractivity (Wildman–Crippen MR) is 70.0 cm³/mol. The number of hydrogen-bond acceptors (Lipinski definition) is 3. The third kappa shape index (κ3) is 2.91. The zero-order chi connectivity index (χ0) is 13.2. The van der Waals surface area contributed by atoms with Gasteiger partial charge in [-0.3, -0.25) is 14.5 Å². The van der Waals surface area contributed by atoms with Gasteiger partial charge >= 0.3 is 0 Å². The lowest BCUT2D eigenvalue weighted by Gasteiger charge is -2.42. The number of amides is 2. The van der Waals surface area contributed by atoms with Gasteiger partial charge in [-0.2, -0.15) is 0 Å². The van der Waals surface area contributed by atoms with Crippen LogP contribution in [0.5, 0.6) is 0 Å². The van der Waals surface area contributed by atoms with Gasteiger partial charge in [-0.15, -0.1) is 0 Å². The molecule has 0 atom stereocenters. The molecule has 0 bridgehead atoms. The van der Waals surface area contributed by atoms with E-state index >= 15 is 0 Å². The number of piperidine rings is 1. The number of hydrogen-bond donors (Lipinski definition) is 0. The second-order valence-electron chi connectivity index (χ2n) is 6.16. The lowest BCUT2D eigenvalue weighted by molar-refractivity contribution is -0.154. The Hall–Kier alpha value is -0.900. The summed E-state index contributed by atoms with van der Waals surface area (Å²) in [6, 6.07) is 0. The molecule has 102 valence electrons. The Morgan fingerprint density at radius 2 is 1.61 bits per heavy atom. The third-order valence-corrected chi connectivity index (χ3v) is 4.34. The summed E-state index contributed by atoms with van der Waals surface area (Å²) in [6.07, 6.45) is 6.92. The first-order valence-electron chi connectivity index (χ1n) is 7.00. The van der Waals surface area contributed by atoms with Crippen LogP contribution in [0.2, 0.25) is 0 Å². The van der Waals surface area contributed by atoms with E-state index in [1.165, 1.54) is 24.2 Å². The van der Waals surface area contributed by atoms with Crippen molar-refractivity contribution >= 4 is 11.8 Å². The summed E-state index contributed by atoms with van der Waals surface area (Å²) in [4.78, 5) is 27.8. The van der Waals surface area contributed by atoms with Crippen molar-refractivity contribution < 1.29 is 9.59 Å².